The summed E-state index contributed by atoms with van der Waals surface area (Å²) in [5.74, 6) is 0. The van der Waals surface area contributed by atoms with Crippen LogP contribution < -0.4 is 5.43 Å². The van der Waals surface area contributed by atoms with Crippen molar-refractivity contribution in [3.05, 3.63) is 34.9 Å². The maximum Gasteiger partial charge on any atom is 0.212 e. The molecule has 16 heavy (non-hydrogen) atoms. The highest BCUT2D eigenvalue weighted by Crippen LogP contribution is 2.34. The van der Waals surface area contributed by atoms with Crippen molar-refractivity contribution in [2.75, 3.05) is 0 Å². The molecular weight excluding hydrogens is 290 g/mol. The SMILES string of the molecule is Clc1ccc(C2=NNC(C(Cl)(Cl)Cl)C2)cc1. The highest BCUT2D eigenvalue weighted by molar-refractivity contribution is 6.68. The fourth-order valence-corrected chi connectivity index (χ4v) is 1.96. The van der Waals surface area contributed by atoms with Gasteiger partial charge in [-0.05, 0) is 17.7 Å². The molecule has 1 heterocycles. The van der Waals surface area contributed by atoms with Gasteiger partial charge in [0.1, 0.15) is 0 Å². The van der Waals surface area contributed by atoms with E-state index in [0.717, 1.165) is 11.3 Å². The van der Waals surface area contributed by atoms with Gasteiger partial charge in [0.25, 0.3) is 0 Å². The molecule has 0 bridgehead atoms. The predicted molar refractivity (Wildman–Crippen MR) is 69.8 cm³/mol. The summed E-state index contributed by atoms with van der Waals surface area (Å²) >= 11 is 23.2. The molecule has 0 spiro atoms. The Morgan fingerprint density at radius 3 is 2.31 bits per heavy atom. The van der Waals surface area contributed by atoms with Crippen LogP contribution in [0.3, 0.4) is 0 Å². The van der Waals surface area contributed by atoms with Crippen molar-refractivity contribution in [2.24, 2.45) is 5.10 Å². The van der Waals surface area contributed by atoms with Gasteiger partial charge in [-0.1, -0.05) is 58.5 Å². The zero-order valence-electron chi connectivity index (χ0n) is 8.05. The number of halogens is 4. The van der Waals surface area contributed by atoms with Crippen molar-refractivity contribution in [3.63, 3.8) is 0 Å². The van der Waals surface area contributed by atoms with Gasteiger partial charge in [-0.25, -0.2) is 0 Å². The molecule has 1 aliphatic rings. The van der Waals surface area contributed by atoms with Gasteiger partial charge in [-0.15, -0.1) is 0 Å². The van der Waals surface area contributed by atoms with Crippen LogP contribution in [0.2, 0.25) is 5.02 Å². The van der Waals surface area contributed by atoms with E-state index in [9.17, 15) is 0 Å². The Bertz CT molecular complexity index is 408. The predicted octanol–water partition coefficient (Wildman–Crippen LogP) is 3.78. The van der Waals surface area contributed by atoms with E-state index in [1.807, 2.05) is 24.3 Å². The van der Waals surface area contributed by atoms with Crippen LogP contribution in [0.5, 0.6) is 0 Å². The van der Waals surface area contributed by atoms with Crippen LogP contribution in [0.4, 0.5) is 0 Å². The molecule has 1 aliphatic heterocycles. The highest BCUT2D eigenvalue weighted by Gasteiger charge is 2.36. The minimum atomic E-state index is -1.35. The van der Waals surface area contributed by atoms with Crippen molar-refractivity contribution in [2.45, 2.75) is 16.3 Å². The van der Waals surface area contributed by atoms with E-state index < -0.39 is 3.79 Å². The van der Waals surface area contributed by atoms with Gasteiger partial charge < -0.3 is 5.43 Å². The topological polar surface area (TPSA) is 24.4 Å². The van der Waals surface area contributed by atoms with E-state index in [1.54, 1.807) is 0 Å². The van der Waals surface area contributed by atoms with Crippen LogP contribution in [0.25, 0.3) is 0 Å². The van der Waals surface area contributed by atoms with Crippen molar-refractivity contribution in [1.29, 1.82) is 0 Å². The largest absolute Gasteiger partial charge is 0.302 e. The Kier molecular flexibility index (Phi) is 3.55. The fraction of sp³-hybridized carbons (Fsp3) is 0.300. The van der Waals surface area contributed by atoms with E-state index in [0.29, 0.717) is 11.4 Å². The zero-order chi connectivity index (χ0) is 11.8. The van der Waals surface area contributed by atoms with Gasteiger partial charge >= 0.3 is 0 Å². The summed E-state index contributed by atoms with van der Waals surface area (Å²) in [6.07, 6.45) is 0.581. The minimum absolute atomic E-state index is 0.289. The first-order valence-electron chi connectivity index (χ1n) is 4.61. The number of hydrogen-bond donors (Lipinski definition) is 1. The highest BCUT2D eigenvalue weighted by atomic mass is 35.6. The van der Waals surface area contributed by atoms with Gasteiger partial charge in [0.05, 0.1) is 11.8 Å². The van der Waals surface area contributed by atoms with Crippen LogP contribution in [0.1, 0.15) is 12.0 Å². The third-order valence-electron chi connectivity index (χ3n) is 2.33. The second kappa shape index (κ2) is 4.61. The molecule has 0 aromatic heterocycles. The summed E-state index contributed by atoms with van der Waals surface area (Å²) in [5, 5.41) is 4.84. The molecular formula is C10H8Cl4N2. The standard InChI is InChI=1S/C10H8Cl4N2/c11-7-3-1-6(2-4-7)8-5-9(16-15-8)10(12,13)14/h1-4,9,16H,5H2. The normalized spacial score (nSPS) is 20.5. The number of hydrogen-bond acceptors (Lipinski definition) is 2. The summed E-state index contributed by atoms with van der Waals surface area (Å²) in [5.41, 5.74) is 4.67. The van der Waals surface area contributed by atoms with Crippen LogP contribution in [-0.2, 0) is 0 Å². The molecule has 6 heteroatoms. The molecule has 2 nitrogen and oxygen atoms in total. The summed E-state index contributed by atoms with van der Waals surface area (Å²) in [6.45, 7) is 0. The summed E-state index contributed by atoms with van der Waals surface area (Å²) < 4.78 is -1.35. The number of hydrazone groups is 1. The Hall–Kier alpha value is -0.150. The number of nitrogens with one attached hydrogen (secondary N) is 1. The summed E-state index contributed by atoms with van der Waals surface area (Å²) in [6, 6.07) is 7.11. The molecule has 1 unspecified atom stereocenters. The molecule has 0 radical (unpaired) electrons. The lowest BCUT2D eigenvalue weighted by atomic mass is 10.1. The number of benzene rings is 1. The van der Waals surface area contributed by atoms with Gasteiger partial charge in [-0.2, -0.15) is 5.10 Å². The molecule has 1 aromatic carbocycles. The molecule has 0 saturated carbocycles. The summed E-state index contributed by atoms with van der Waals surface area (Å²) in [4.78, 5) is 0. The zero-order valence-corrected chi connectivity index (χ0v) is 11.1. The lowest BCUT2D eigenvalue weighted by Crippen LogP contribution is -2.33. The molecule has 86 valence electrons. The second-order valence-corrected chi connectivity index (χ2v) is 6.30. The Morgan fingerprint density at radius 2 is 1.81 bits per heavy atom. The van der Waals surface area contributed by atoms with Crippen molar-refractivity contribution in [3.8, 4) is 0 Å². The Balaban J connectivity index is 2.12. The first-order valence-corrected chi connectivity index (χ1v) is 6.13. The van der Waals surface area contributed by atoms with Gasteiger partial charge in [0.2, 0.25) is 3.79 Å². The maximum atomic E-state index is 5.80. The van der Waals surface area contributed by atoms with E-state index in [4.69, 9.17) is 46.4 Å². The lowest BCUT2D eigenvalue weighted by molar-refractivity contribution is 0.595. The number of nitrogens with zero attached hydrogens (tertiary/aromatic N) is 1. The monoisotopic (exact) mass is 296 g/mol. The van der Waals surface area contributed by atoms with E-state index in [-0.39, 0.29) is 6.04 Å². The molecule has 0 fully saturated rings. The quantitative estimate of drug-likeness (QED) is 0.784. The molecule has 0 saturated heterocycles. The minimum Gasteiger partial charge on any atom is -0.302 e. The van der Waals surface area contributed by atoms with Gasteiger partial charge in [0.15, 0.2) is 0 Å². The Labute approximate surface area is 114 Å². The van der Waals surface area contributed by atoms with Crippen molar-refractivity contribution in [1.82, 2.24) is 5.43 Å². The van der Waals surface area contributed by atoms with Crippen molar-refractivity contribution >= 4 is 52.1 Å². The average molecular weight is 298 g/mol. The maximum absolute atomic E-state index is 5.80. The molecule has 2 rings (SSSR count). The first-order chi connectivity index (χ1) is 7.47. The number of rotatable bonds is 1. The van der Waals surface area contributed by atoms with E-state index in [1.165, 1.54) is 0 Å². The van der Waals surface area contributed by atoms with Crippen LogP contribution in [-0.4, -0.2) is 15.5 Å². The third-order valence-corrected chi connectivity index (χ3v) is 3.37. The molecule has 1 aromatic rings. The van der Waals surface area contributed by atoms with E-state index in [2.05, 4.69) is 10.5 Å². The smallest absolute Gasteiger partial charge is 0.212 e. The van der Waals surface area contributed by atoms with E-state index >= 15 is 0 Å². The first kappa shape index (κ1) is 12.3. The fourth-order valence-electron chi connectivity index (χ4n) is 1.45. The van der Waals surface area contributed by atoms with Crippen LogP contribution in [0, 0.1) is 0 Å². The van der Waals surface area contributed by atoms with Crippen molar-refractivity contribution < 1.29 is 0 Å². The third kappa shape index (κ3) is 2.75. The van der Waals surface area contributed by atoms with Crippen LogP contribution in [0.15, 0.2) is 29.4 Å². The molecule has 1 atom stereocenters. The number of alkyl halides is 3. The van der Waals surface area contributed by atoms with Gasteiger partial charge in [0, 0.05) is 11.4 Å². The molecule has 1 N–H and O–H groups in total. The average Bonchev–Trinajstić information content (AvgIpc) is 2.67. The lowest BCUT2D eigenvalue weighted by Gasteiger charge is -2.18. The van der Waals surface area contributed by atoms with Crippen LogP contribution >= 0.6 is 46.4 Å². The Morgan fingerprint density at radius 1 is 1.19 bits per heavy atom. The summed E-state index contributed by atoms with van der Waals surface area (Å²) in [7, 11) is 0. The molecule has 0 amide bonds. The second-order valence-electron chi connectivity index (χ2n) is 3.49. The molecule has 0 aliphatic carbocycles. The van der Waals surface area contributed by atoms with Gasteiger partial charge in [-0.3, -0.25) is 0 Å².